The van der Waals surface area contributed by atoms with Crippen molar-refractivity contribution in [1.82, 2.24) is 15.1 Å². The molecule has 0 radical (unpaired) electrons. The molecule has 2 amide bonds. The highest BCUT2D eigenvalue weighted by atomic mass is 16.4. The van der Waals surface area contributed by atoms with E-state index in [1.807, 2.05) is 0 Å². The zero-order valence-corrected chi connectivity index (χ0v) is 11.6. The minimum absolute atomic E-state index is 0.0322. The van der Waals surface area contributed by atoms with E-state index < -0.39 is 12.0 Å². The van der Waals surface area contributed by atoms with E-state index in [9.17, 15) is 9.59 Å². The standard InChI is InChI=1S/C13H23N3O4/c17-8-4-11(12(18)19)14-13(20)16-7-6-15-5-2-1-3-10(15)9-16/h10-11,17H,1-9H2,(H,14,20)(H,18,19)/t10?,11-/m1/s1. The van der Waals surface area contributed by atoms with Gasteiger partial charge in [0.05, 0.1) is 0 Å². The van der Waals surface area contributed by atoms with Crippen molar-refractivity contribution in [3.05, 3.63) is 0 Å². The van der Waals surface area contributed by atoms with Crippen molar-refractivity contribution in [1.29, 1.82) is 0 Å². The number of carbonyl (C=O) groups excluding carboxylic acids is 1. The Labute approximate surface area is 118 Å². The highest BCUT2D eigenvalue weighted by Crippen LogP contribution is 2.21. The molecule has 2 fully saturated rings. The summed E-state index contributed by atoms with van der Waals surface area (Å²) < 4.78 is 0. The molecule has 0 aromatic carbocycles. The number of urea groups is 1. The SMILES string of the molecule is O=C(O)[C@@H](CCO)NC(=O)N1CCN2CCCCC2C1. The van der Waals surface area contributed by atoms with Crippen molar-refractivity contribution in [2.45, 2.75) is 37.8 Å². The number of piperidine rings is 1. The summed E-state index contributed by atoms with van der Waals surface area (Å²) in [5.41, 5.74) is 0. The first-order valence-electron chi connectivity index (χ1n) is 7.25. The number of aliphatic hydroxyl groups excluding tert-OH is 1. The fourth-order valence-electron chi connectivity index (χ4n) is 2.97. The van der Waals surface area contributed by atoms with Crippen LogP contribution >= 0.6 is 0 Å². The number of nitrogens with zero attached hydrogens (tertiary/aromatic N) is 2. The van der Waals surface area contributed by atoms with Crippen molar-refractivity contribution < 1.29 is 19.8 Å². The lowest BCUT2D eigenvalue weighted by molar-refractivity contribution is -0.139. The Morgan fingerprint density at radius 3 is 2.75 bits per heavy atom. The fraction of sp³-hybridized carbons (Fsp3) is 0.846. The molecule has 2 heterocycles. The third-order valence-corrected chi connectivity index (χ3v) is 4.14. The summed E-state index contributed by atoms with van der Waals surface area (Å²) in [6.45, 7) is 3.00. The summed E-state index contributed by atoms with van der Waals surface area (Å²) in [5, 5.41) is 20.3. The molecule has 20 heavy (non-hydrogen) atoms. The number of aliphatic hydroxyl groups is 1. The average molecular weight is 285 g/mol. The van der Waals surface area contributed by atoms with Crippen molar-refractivity contribution in [3.8, 4) is 0 Å². The molecule has 2 aliphatic heterocycles. The first-order chi connectivity index (χ1) is 9.61. The Kier molecular flexibility index (Phi) is 5.19. The molecule has 7 heteroatoms. The predicted molar refractivity (Wildman–Crippen MR) is 72.4 cm³/mol. The Bertz CT molecular complexity index is 364. The summed E-state index contributed by atoms with van der Waals surface area (Å²) >= 11 is 0. The van der Waals surface area contributed by atoms with Gasteiger partial charge in [0, 0.05) is 38.7 Å². The van der Waals surface area contributed by atoms with E-state index in [1.165, 1.54) is 12.8 Å². The maximum absolute atomic E-state index is 12.1. The molecule has 2 aliphatic rings. The van der Waals surface area contributed by atoms with E-state index in [0.717, 1.165) is 19.5 Å². The lowest BCUT2D eigenvalue weighted by atomic mass is 10.00. The second-order valence-corrected chi connectivity index (χ2v) is 5.48. The van der Waals surface area contributed by atoms with E-state index in [-0.39, 0.29) is 19.1 Å². The second kappa shape index (κ2) is 6.90. The van der Waals surface area contributed by atoms with Crippen LogP contribution in [0.2, 0.25) is 0 Å². The number of carboxylic acids is 1. The summed E-state index contributed by atoms with van der Waals surface area (Å²) in [6.07, 6.45) is 3.55. The molecule has 2 rings (SSSR count). The lowest BCUT2D eigenvalue weighted by Gasteiger charge is -2.44. The van der Waals surface area contributed by atoms with Gasteiger partial charge < -0.3 is 20.4 Å². The van der Waals surface area contributed by atoms with Gasteiger partial charge in [-0.3, -0.25) is 4.90 Å². The smallest absolute Gasteiger partial charge is 0.326 e. The summed E-state index contributed by atoms with van der Waals surface area (Å²) in [5.74, 6) is -1.11. The van der Waals surface area contributed by atoms with Crippen molar-refractivity contribution in [3.63, 3.8) is 0 Å². The van der Waals surface area contributed by atoms with Crippen LogP contribution in [0.5, 0.6) is 0 Å². The molecule has 1 unspecified atom stereocenters. The van der Waals surface area contributed by atoms with E-state index in [0.29, 0.717) is 19.1 Å². The Morgan fingerprint density at radius 2 is 2.05 bits per heavy atom. The molecular weight excluding hydrogens is 262 g/mol. The molecule has 2 saturated heterocycles. The van der Waals surface area contributed by atoms with Crippen LogP contribution in [0.3, 0.4) is 0 Å². The Balaban J connectivity index is 1.87. The molecule has 0 saturated carbocycles. The number of carboxylic acid groups (broad SMARTS) is 1. The quantitative estimate of drug-likeness (QED) is 0.659. The van der Waals surface area contributed by atoms with Crippen LogP contribution in [0.15, 0.2) is 0 Å². The monoisotopic (exact) mass is 285 g/mol. The number of nitrogens with one attached hydrogen (secondary N) is 1. The third-order valence-electron chi connectivity index (χ3n) is 4.14. The normalized spacial score (nSPS) is 24.9. The maximum atomic E-state index is 12.1. The zero-order valence-electron chi connectivity index (χ0n) is 11.6. The number of amides is 2. The van der Waals surface area contributed by atoms with Gasteiger partial charge in [-0.15, -0.1) is 0 Å². The zero-order chi connectivity index (χ0) is 14.5. The highest BCUT2D eigenvalue weighted by molar-refractivity contribution is 5.82. The molecular formula is C13H23N3O4. The summed E-state index contributed by atoms with van der Waals surface area (Å²) in [6, 6.07) is -0.947. The van der Waals surface area contributed by atoms with Crippen LogP contribution in [0.1, 0.15) is 25.7 Å². The first kappa shape index (κ1) is 15.1. The van der Waals surface area contributed by atoms with Crippen LogP contribution in [0.25, 0.3) is 0 Å². The molecule has 0 aromatic rings. The molecule has 0 aliphatic carbocycles. The average Bonchev–Trinajstić information content (AvgIpc) is 2.46. The molecule has 0 spiro atoms. The van der Waals surface area contributed by atoms with Crippen LogP contribution < -0.4 is 5.32 Å². The van der Waals surface area contributed by atoms with Crippen LogP contribution in [0.4, 0.5) is 4.79 Å². The first-order valence-corrected chi connectivity index (χ1v) is 7.25. The van der Waals surface area contributed by atoms with Gasteiger partial charge in [-0.25, -0.2) is 9.59 Å². The maximum Gasteiger partial charge on any atom is 0.326 e. The highest BCUT2D eigenvalue weighted by Gasteiger charge is 2.32. The molecule has 114 valence electrons. The number of hydrogen-bond donors (Lipinski definition) is 3. The van der Waals surface area contributed by atoms with E-state index in [4.69, 9.17) is 10.2 Å². The second-order valence-electron chi connectivity index (χ2n) is 5.48. The minimum Gasteiger partial charge on any atom is -0.480 e. The van der Waals surface area contributed by atoms with Gasteiger partial charge >= 0.3 is 12.0 Å². The van der Waals surface area contributed by atoms with Gasteiger partial charge in [-0.05, 0) is 19.4 Å². The summed E-state index contributed by atoms with van der Waals surface area (Å²) in [7, 11) is 0. The Morgan fingerprint density at radius 1 is 1.25 bits per heavy atom. The lowest BCUT2D eigenvalue weighted by Crippen LogP contribution is -2.59. The number of aliphatic carboxylic acids is 1. The molecule has 0 bridgehead atoms. The number of fused-ring (bicyclic) bond motifs is 1. The van der Waals surface area contributed by atoms with Gasteiger partial charge in [0.2, 0.25) is 0 Å². The number of carbonyl (C=O) groups is 2. The Hall–Kier alpha value is -1.34. The molecule has 0 aromatic heterocycles. The topological polar surface area (TPSA) is 93.1 Å². The third kappa shape index (κ3) is 3.61. The van der Waals surface area contributed by atoms with E-state index in [2.05, 4.69) is 10.2 Å². The predicted octanol–water partition coefficient (Wildman–Crippen LogP) is -0.298. The van der Waals surface area contributed by atoms with Crippen molar-refractivity contribution in [2.24, 2.45) is 0 Å². The van der Waals surface area contributed by atoms with Crippen molar-refractivity contribution in [2.75, 3.05) is 32.8 Å². The van der Waals surface area contributed by atoms with E-state index >= 15 is 0 Å². The van der Waals surface area contributed by atoms with E-state index in [1.54, 1.807) is 4.90 Å². The number of hydrogen-bond acceptors (Lipinski definition) is 4. The van der Waals surface area contributed by atoms with Crippen LogP contribution in [-0.2, 0) is 4.79 Å². The molecule has 7 nitrogen and oxygen atoms in total. The molecule has 2 atom stereocenters. The van der Waals surface area contributed by atoms with Gasteiger partial charge in [0.1, 0.15) is 6.04 Å². The van der Waals surface area contributed by atoms with Gasteiger partial charge in [-0.2, -0.15) is 0 Å². The fourth-order valence-corrected chi connectivity index (χ4v) is 2.97. The largest absolute Gasteiger partial charge is 0.480 e. The van der Waals surface area contributed by atoms with Gasteiger partial charge in [0.15, 0.2) is 0 Å². The van der Waals surface area contributed by atoms with Crippen molar-refractivity contribution >= 4 is 12.0 Å². The summed E-state index contributed by atoms with van der Waals surface area (Å²) in [4.78, 5) is 27.2. The number of piperazine rings is 1. The minimum atomic E-state index is -1.11. The number of rotatable bonds is 4. The van der Waals surface area contributed by atoms with Gasteiger partial charge in [-0.1, -0.05) is 6.42 Å². The van der Waals surface area contributed by atoms with Crippen LogP contribution in [-0.4, -0.2) is 76.9 Å². The van der Waals surface area contributed by atoms with Gasteiger partial charge in [0.25, 0.3) is 0 Å². The van der Waals surface area contributed by atoms with Crippen LogP contribution in [0, 0.1) is 0 Å². The molecule has 3 N–H and O–H groups in total.